The van der Waals surface area contributed by atoms with Crippen LogP contribution in [0.4, 0.5) is 5.69 Å². The molecule has 2 aliphatic rings. The van der Waals surface area contributed by atoms with Crippen LogP contribution in [-0.4, -0.2) is 60.2 Å². The standard InChI is InChI=1S/C22H21ClN2O6/c23-17-11-15(30-10-8-26)5-6-16(17)21(28)25-13-20(27)24(19-7-9-31-22(19)29)12-14-3-1-2-4-18(14)25/h1-6,11,19,26H,7-10,12-13H2. The molecule has 0 aliphatic carbocycles. The highest BCUT2D eigenvalue weighted by atomic mass is 35.5. The van der Waals surface area contributed by atoms with Crippen molar-refractivity contribution in [3.05, 3.63) is 58.6 Å². The van der Waals surface area contributed by atoms with E-state index in [2.05, 4.69) is 0 Å². The van der Waals surface area contributed by atoms with E-state index < -0.39 is 17.9 Å². The average Bonchev–Trinajstić information content (AvgIpc) is 3.13. The molecule has 2 aliphatic heterocycles. The minimum absolute atomic E-state index is 0.108. The molecule has 162 valence electrons. The molecule has 1 unspecified atom stereocenters. The van der Waals surface area contributed by atoms with Gasteiger partial charge in [-0.05, 0) is 29.8 Å². The first-order chi connectivity index (χ1) is 15.0. The summed E-state index contributed by atoms with van der Waals surface area (Å²) in [7, 11) is 0. The lowest BCUT2D eigenvalue weighted by atomic mass is 10.1. The third-order valence-corrected chi connectivity index (χ3v) is 5.61. The molecule has 9 heteroatoms. The largest absolute Gasteiger partial charge is 0.491 e. The summed E-state index contributed by atoms with van der Waals surface area (Å²) >= 11 is 6.33. The molecule has 0 aromatic heterocycles. The molecule has 8 nitrogen and oxygen atoms in total. The van der Waals surface area contributed by atoms with Crippen molar-refractivity contribution < 1.29 is 29.0 Å². The number of cyclic esters (lactones) is 1. The third kappa shape index (κ3) is 4.22. The maximum absolute atomic E-state index is 13.4. The van der Waals surface area contributed by atoms with Crippen LogP contribution in [0.5, 0.6) is 5.75 Å². The topological polar surface area (TPSA) is 96.4 Å². The average molecular weight is 445 g/mol. The Hall–Kier alpha value is -3.10. The van der Waals surface area contributed by atoms with Crippen LogP contribution in [0.15, 0.2) is 42.5 Å². The molecular weight excluding hydrogens is 424 g/mol. The molecule has 4 rings (SSSR count). The Kier molecular flexibility index (Phi) is 6.11. The third-order valence-electron chi connectivity index (χ3n) is 5.30. The maximum atomic E-state index is 13.4. The number of rotatable bonds is 5. The van der Waals surface area contributed by atoms with Crippen LogP contribution in [0.25, 0.3) is 0 Å². The summed E-state index contributed by atoms with van der Waals surface area (Å²) < 4.78 is 10.4. The van der Waals surface area contributed by atoms with Gasteiger partial charge in [-0.15, -0.1) is 0 Å². The molecule has 1 saturated heterocycles. The van der Waals surface area contributed by atoms with Crippen molar-refractivity contribution in [3.8, 4) is 5.75 Å². The number of hydrogen-bond donors (Lipinski definition) is 1. The quantitative estimate of drug-likeness (QED) is 0.709. The van der Waals surface area contributed by atoms with Crippen molar-refractivity contribution >= 4 is 35.1 Å². The predicted octanol–water partition coefficient (Wildman–Crippen LogP) is 2.02. The number of aliphatic hydroxyl groups excluding tert-OH is 1. The fraction of sp³-hybridized carbons (Fsp3) is 0.318. The number of benzene rings is 2. The Labute approximate surface area is 183 Å². The number of anilines is 1. The van der Waals surface area contributed by atoms with Crippen LogP contribution in [0.1, 0.15) is 22.3 Å². The van der Waals surface area contributed by atoms with Gasteiger partial charge in [0.15, 0.2) is 0 Å². The molecular formula is C22H21ClN2O6. The highest BCUT2D eigenvalue weighted by molar-refractivity contribution is 6.34. The van der Waals surface area contributed by atoms with Crippen molar-refractivity contribution in [2.24, 2.45) is 0 Å². The number of para-hydroxylation sites is 1. The zero-order valence-corrected chi connectivity index (χ0v) is 17.4. The van der Waals surface area contributed by atoms with Gasteiger partial charge in [0.1, 0.15) is 24.9 Å². The van der Waals surface area contributed by atoms with Gasteiger partial charge in [0.05, 0.1) is 23.8 Å². The lowest BCUT2D eigenvalue weighted by molar-refractivity contribution is -0.147. The van der Waals surface area contributed by atoms with Crippen molar-refractivity contribution in [2.75, 3.05) is 31.3 Å². The minimum atomic E-state index is -0.651. The molecule has 1 atom stereocenters. The molecule has 2 aromatic carbocycles. The summed E-state index contributed by atoms with van der Waals surface area (Å²) in [5.41, 5.74) is 1.56. The Bertz CT molecular complexity index is 1030. The fourth-order valence-electron chi connectivity index (χ4n) is 3.79. The van der Waals surface area contributed by atoms with Gasteiger partial charge in [-0.2, -0.15) is 0 Å². The zero-order chi connectivity index (χ0) is 22.0. The molecule has 0 bridgehead atoms. The number of aliphatic hydroxyl groups is 1. The number of ether oxygens (including phenoxy) is 2. The van der Waals surface area contributed by atoms with E-state index in [9.17, 15) is 14.4 Å². The molecule has 1 fully saturated rings. The molecule has 0 saturated carbocycles. The van der Waals surface area contributed by atoms with Gasteiger partial charge >= 0.3 is 5.97 Å². The Morgan fingerprint density at radius 2 is 2.00 bits per heavy atom. The monoisotopic (exact) mass is 444 g/mol. The van der Waals surface area contributed by atoms with E-state index in [1.807, 2.05) is 12.1 Å². The first-order valence-corrected chi connectivity index (χ1v) is 10.3. The second-order valence-corrected chi connectivity index (χ2v) is 7.63. The minimum Gasteiger partial charge on any atom is -0.491 e. The summed E-state index contributed by atoms with van der Waals surface area (Å²) in [6.45, 7) is 0.226. The van der Waals surface area contributed by atoms with Gasteiger partial charge in [0.2, 0.25) is 5.91 Å². The first kappa shape index (κ1) is 21.1. The number of halogens is 1. The molecule has 1 N–H and O–H groups in total. The zero-order valence-electron chi connectivity index (χ0n) is 16.6. The Balaban J connectivity index is 1.66. The number of hydrogen-bond acceptors (Lipinski definition) is 6. The van der Waals surface area contributed by atoms with E-state index >= 15 is 0 Å². The van der Waals surface area contributed by atoms with E-state index in [0.29, 0.717) is 17.9 Å². The van der Waals surface area contributed by atoms with Crippen molar-refractivity contribution in [1.82, 2.24) is 4.90 Å². The van der Waals surface area contributed by atoms with E-state index in [1.165, 1.54) is 21.9 Å². The number of nitrogens with zero attached hydrogens (tertiary/aromatic N) is 2. The van der Waals surface area contributed by atoms with Crippen LogP contribution >= 0.6 is 11.6 Å². The van der Waals surface area contributed by atoms with Gasteiger partial charge in [-0.25, -0.2) is 4.79 Å². The number of carbonyl (C=O) groups is 3. The van der Waals surface area contributed by atoms with Gasteiger partial charge < -0.3 is 19.5 Å². The molecule has 0 radical (unpaired) electrons. The van der Waals surface area contributed by atoms with E-state index in [-0.39, 0.29) is 49.4 Å². The first-order valence-electron chi connectivity index (χ1n) is 9.88. The molecule has 0 spiro atoms. The number of amides is 2. The van der Waals surface area contributed by atoms with Crippen LogP contribution in [-0.2, 0) is 20.9 Å². The summed E-state index contributed by atoms with van der Waals surface area (Å²) in [4.78, 5) is 41.4. The summed E-state index contributed by atoms with van der Waals surface area (Å²) in [5.74, 6) is -0.774. The van der Waals surface area contributed by atoms with Gasteiger partial charge in [-0.3, -0.25) is 14.5 Å². The lowest BCUT2D eigenvalue weighted by Crippen LogP contribution is -2.46. The SMILES string of the molecule is O=C1OCCC1N1Cc2ccccc2N(C(=O)c2ccc(OCCO)cc2Cl)CC1=O. The molecule has 2 aromatic rings. The maximum Gasteiger partial charge on any atom is 0.329 e. The summed E-state index contributed by atoms with van der Waals surface area (Å²) in [5, 5.41) is 9.06. The van der Waals surface area contributed by atoms with E-state index in [0.717, 1.165) is 5.56 Å². The van der Waals surface area contributed by atoms with Crippen LogP contribution in [0, 0.1) is 0 Å². The highest BCUT2D eigenvalue weighted by Crippen LogP contribution is 2.31. The Morgan fingerprint density at radius 3 is 2.71 bits per heavy atom. The number of esters is 1. The van der Waals surface area contributed by atoms with Crippen LogP contribution in [0.2, 0.25) is 5.02 Å². The molecule has 31 heavy (non-hydrogen) atoms. The van der Waals surface area contributed by atoms with Crippen LogP contribution < -0.4 is 9.64 Å². The van der Waals surface area contributed by atoms with Crippen molar-refractivity contribution in [1.29, 1.82) is 0 Å². The van der Waals surface area contributed by atoms with Crippen molar-refractivity contribution in [3.63, 3.8) is 0 Å². The van der Waals surface area contributed by atoms with Crippen molar-refractivity contribution in [2.45, 2.75) is 19.0 Å². The smallest absolute Gasteiger partial charge is 0.329 e. The second-order valence-electron chi connectivity index (χ2n) is 7.23. The molecule has 2 amide bonds. The summed E-state index contributed by atoms with van der Waals surface area (Å²) in [6.07, 6.45) is 0.432. The lowest BCUT2D eigenvalue weighted by Gasteiger charge is -2.25. The van der Waals surface area contributed by atoms with E-state index in [4.69, 9.17) is 26.2 Å². The normalized spacial score (nSPS) is 18.5. The number of fused-ring (bicyclic) bond motifs is 1. The van der Waals surface area contributed by atoms with Crippen LogP contribution in [0.3, 0.4) is 0 Å². The number of carbonyl (C=O) groups excluding carboxylic acids is 3. The predicted molar refractivity (Wildman–Crippen MR) is 112 cm³/mol. The fourth-order valence-corrected chi connectivity index (χ4v) is 4.04. The van der Waals surface area contributed by atoms with Gasteiger partial charge in [-0.1, -0.05) is 29.8 Å². The highest BCUT2D eigenvalue weighted by Gasteiger charge is 2.39. The second kappa shape index (κ2) is 8.95. The molecule has 2 heterocycles. The van der Waals surface area contributed by atoms with Gasteiger partial charge in [0.25, 0.3) is 5.91 Å². The summed E-state index contributed by atoms with van der Waals surface area (Å²) in [6, 6.07) is 11.2. The van der Waals surface area contributed by atoms with Gasteiger partial charge in [0, 0.05) is 18.7 Å². The van der Waals surface area contributed by atoms with E-state index in [1.54, 1.807) is 18.2 Å². The Morgan fingerprint density at radius 1 is 1.19 bits per heavy atom.